The van der Waals surface area contributed by atoms with Gasteiger partial charge < -0.3 is 19.4 Å². The van der Waals surface area contributed by atoms with Crippen LogP contribution in [0.3, 0.4) is 0 Å². The van der Waals surface area contributed by atoms with Gasteiger partial charge in [0.2, 0.25) is 0 Å². The average molecular weight is 426 g/mol. The highest BCUT2D eigenvalue weighted by Gasteiger charge is 2.47. The van der Waals surface area contributed by atoms with Crippen molar-refractivity contribution in [3.63, 3.8) is 0 Å². The summed E-state index contributed by atoms with van der Waals surface area (Å²) in [7, 11) is 0. The Morgan fingerprint density at radius 3 is 2.59 bits per heavy atom. The van der Waals surface area contributed by atoms with E-state index < -0.39 is 17.7 Å². The van der Waals surface area contributed by atoms with Crippen molar-refractivity contribution in [3.05, 3.63) is 101 Å². The highest BCUT2D eigenvalue weighted by Crippen LogP contribution is 2.39. The number of aromatic amines is 1. The molecule has 1 saturated heterocycles. The first kappa shape index (κ1) is 19.9. The Morgan fingerprint density at radius 1 is 1.06 bits per heavy atom. The van der Waals surface area contributed by atoms with Gasteiger partial charge in [-0.05, 0) is 37.1 Å². The second kappa shape index (κ2) is 7.89. The molecule has 160 valence electrons. The zero-order chi connectivity index (χ0) is 22.2. The number of furan rings is 1. The molecule has 0 saturated carbocycles. The van der Waals surface area contributed by atoms with E-state index >= 15 is 0 Å². The quantitative estimate of drug-likeness (QED) is 0.274. The number of benzene rings is 2. The zero-order valence-electron chi connectivity index (χ0n) is 17.5. The number of rotatable bonds is 5. The minimum Gasteiger partial charge on any atom is -0.507 e. The number of hydrogen-bond donors (Lipinski definition) is 2. The fourth-order valence-corrected chi connectivity index (χ4v) is 4.30. The van der Waals surface area contributed by atoms with Crippen LogP contribution >= 0.6 is 0 Å². The van der Waals surface area contributed by atoms with E-state index in [1.807, 2.05) is 49.5 Å². The van der Waals surface area contributed by atoms with Crippen LogP contribution in [0.2, 0.25) is 0 Å². The maximum Gasteiger partial charge on any atom is 0.295 e. The van der Waals surface area contributed by atoms with Crippen LogP contribution < -0.4 is 0 Å². The molecule has 6 heteroatoms. The Bertz CT molecular complexity index is 1330. The highest BCUT2D eigenvalue weighted by atomic mass is 16.3. The molecule has 2 aromatic heterocycles. The summed E-state index contributed by atoms with van der Waals surface area (Å²) in [4.78, 5) is 30.8. The van der Waals surface area contributed by atoms with Crippen molar-refractivity contribution < 1.29 is 19.1 Å². The first-order chi connectivity index (χ1) is 15.5. The molecule has 1 unspecified atom stereocenters. The van der Waals surface area contributed by atoms with Gasteiger partial charge in [-0.25, -0.2) is 0 Å². The summed E-state index contributed by atoms with van der Waals surface area (Å²) in [6.07, 6.45) is 3.98. The molecule has 4 aromatic rings. The molecule has 1 aliphatic rings. The van der Waals surface area contributed by atoms with Gasteiger partial charge in [0.25, 0.3) is 11.7 Å². The number of carbonyl (C=O) groups excluding carboxylic acids is 2. The third kappa shape index (κ3) is 3.30. The molecule has 2 aromatic carbocycles. The largest absolute Gasteiger partial charge is 0.507 e. The molecular weight excluding hydrogens is 404 g/mol. The summed E-state index contributed by atoms with van der Waals surface area (Å²) in [6.45, 7) is 2.25. The lowest BCUT2D eigenvalue weighted by molar-refractivity contribution is -0.140. The number of amides is 1. The Morgan fingerprint density at radius 2 is 1.84 bits per heavy atom. The van der Waals surface area contributed by atoms with E-state index in [2.05, 4.69) is 4.98 Å². The van der Waals surface area contributed by atoms with E-state index in [4.69, 9.17) is 4.42 Å². The van der Waals surface area contributed by atoms with Crippen molar-refractivity contribution in [1.29, 1.82) is 0 Å². The molecule has 2 N–H and O–H groups in total. The van der Waals surface area contributed by atoms with Crippen LogP contribution in [-0.4, -0.2) is 33.2 Å². The fourth-order valence-electron chi connectivity index (χ4n) is 4.30. The number of nitrogens with zero attached hydrogens (tertiary/aromatic N) is 1. The normalized spacial score (nSPS) is 18.0. The molecule has 0 radical (unpaired) electrons. The van der Waals surface area contributed by atoms with Crippen molar-refractivity contribution in [2.45, 2.75) is 19.4 Å². The van der Waals surface area contributed by atoms with Crippen LogP contribution in [0.5, 0.6) is 0 Å². The smallest absolute Gasteiger partial charge is 0.295 e. The van der Waals surface area contributed by atoms with Gasteiger partial charge >= 0.3 is 0 Å². The van der Waals surface area contributed by atoms with Crippen LogP contribution in [-0.2, 0) is 16.0 Å². The number of carbonyl (C=O) groups is 2. The first-order valence-corrected chi connectivity index (χ1v) is 10.5. The van der Waals surface area contributed by atoms with Crippen molar-refractivity contribution in [2.75, 3.05) is 6.54 Å². The number of aryl methyl sites for hydroxylation is 1. The van der Waals surface area contributed by atoms with E-state index in [-0.39, 0.29) is 11.3 Å². The highest BCUT2D eigenvalue weighted by molar-refractivity contribution is 6.46. The lowest BCUT2D eigenvalue weighted by atomic mass is 9.98. The summed E-state index contributed by atoms with van der Waals surface area (Å²) in [6, 6.07) is 17.8. The summed E-state index contributed by atoms with van der Waals surface area (Å²) in [5.74, 6) is -1.10. The Kier molecular flexibility index (Phi) is 4.90. The minimum atomic E-state index is -0.781. The van der Waals surface area contributed by atoms with Crippen molar-refractivity contribution >= 4 is 28.4 Å². The topological polar surface area (TPSA) is 86.5 Å². The van der Waals surface area contributed by atoms with Crippen molar-refractivity contribution in [1.82, 2.24) is 9.88 Å². The van der Waals surface area contributed by atoms with Crippen molar-refractivity contribution in [3.8, 4) is 0 Å². The number of aliphatic hydroxyl groups is 1. The lowest BCUT2D eigenvalue weighted by Gasteiger charge is -2.23. The maximum atomic E-state index is 13.0. The Hall–Kier alpha value is -4.06. The van der Waals surface area contributed by atoms with Crippen LogP contribution in [0, 0.1) is 6.92 Å². The third-order valence-corrected chi connectivity index (χ3v) is 5.97. The number of aliphatic hydroxyl groups excluding tert-OH is 1. The number of aromatic nitrogens is 1. The number of likely N-dealkylation sites (tertiary alicyclic amines) is 1. The fraction of sp³-hybridized carbons (Fsp3) is 0.154. The summed E-state index contributed by atoms with van der Waals surface area (Å²) in [5.41, 5.74) is 3.64. The van der Waals surface area contributed by atoms with Gasteiger partial charge in [0.05, 0.1) is 11.8 Å². The predicted molar refractivity (Wildman–Crippen MR) is 121 cm³/mol. The molecule has 1 aliphatic heterocycles. The summed E-state index contributed by atoms with van der Waals surface area (Å²) < 4.78 is 5.59. The molecule has 6 nitrogen and oxygen atoms in total. The molecule has 0 aliphatic carbocycles. The van der Waals surface area contributed by atoms with Crippen LogP contribution in [0.1, 0.15) is 28.5 Å². The molecule has 3 heterocycles. The van der Waals surface area contributed by atoms with Gasteiger partial charge in [-0.15, -0.1) is 0 Å². The Balaban J connectivity index is 1.53. The van der Waals surface area contributed by atoms with Gasteiger partial charge in [-0.2, -0.15) is 0 Å². The summed E-state index contributed by atoms with van der Waals surface area (Å²) in [5, 5.41) is 12.1. The molecule has 0 spiro atoms. The van der Waals surface area contributed by atoms with Crippen LogP contribution in [0.25, 0.3) is 16.7 Å². The molecule has 0 bridgehead atoms. The second-order valence-corrected chi connectivity index (χ2v) is 7.98. The first-order valence-electron chi connectivity index (χ1n) is 10.5. The van der Waals surface area contributed by atoms with Gasteiger partial charge in [-0.1, -0.05) is 48.0 Å². The van der Waals surface area contributed by atoms with Crippen LogP contribution in [0.15, 0.2) is 83.1 Å². The van der Waals surface area contributed by atoms with E-state index in [9.17, 15) is 14.7 Å². The molecule has 1 atom stereocenters. The van der Waals surface area contributed by atoms with E-state index in [0.29, 0.717) is 24.3 Å². The van der Waals surface area contributed by atoms with Crippen molar-refractivity contribution in [2.24, 2.45) is 0 Å². The molecule has 5 rings (SSSR count). The van der Waals surface area contributed by atoms with Gasteiger partial charge in [-0.3, -0.25) is 9.59 Å². The third-order valence-electron chi connectivity index (χ3n) is 5.97. The SMILES string of the molecule is Cc1ccc(/C(O)=C2/C(=O)C(=O)N(CCc3c[nH]c4ccccc34)C2c2ccco2)cc1. The minimum absolute atomic E-state index is 0.0488. The van der Waals surface area contributed by atoms with Gasteiger partial charge in [0.15, 0.2) is 0 Å². The lowest BCUT2D eigenvalue weighted by Crippen LogP contribution is -2.31. The maximum absolute atomic E-state index is 13.0. The number of H-pyrrole nitrogens is 1. The Labute approximate surface area is 184 Å². The van der Waals surface area contributed by atoms with E-state index in [1.54, 1.807) is 24.3 Å². The zero-order valence-corrected chi connectivity index (χ0v) is 17.5. The number of hydrogen-bond acceptors (Lipinski definition) is 4. The molecule has 1 fully saturated rings. The molecule has 32 heavy (non-hydrogen) atoms. The molecule has 1 amide bonds. The second-order valence-electron chi connectivity index (χ2n) is 7.98. The number of Topliss-reactive ketones (excluding diaryl/α,β-unsaturated/α-hetero) is 1. The van der Waals surface area contributed by atoms with Gasteiger partial charge in [0.1, 0.15) is 17.6 Å². The van der Waals surface area contributed by atoms with E-state index in [1.165, 1.54) is 11.2 Å². The predicted octanol–water partition coefficient (Wildman–Crippen LogP) is 4.73. The number of para-hydroxylation sites is 1. The number of nitrogens with one attached hydrogen (secondary N) is 1. The monoisotopic (exact) mass is 426 g/mol. The number of ketones is 1. The number of fused-ring (bicyclic) bond motifs is 1. The van der Waals surface area contributed by atoms with E-state index in [0.717, 1.165) is 22.0 Å². The standard InChI is InChI=1S/C26H22N2O4/c1-16-8-10-17(11-9-16)24(29)22-23(21-7-4-14-32-21)28(26(31)25(22)30)13-12-18-15-27-20-6-3-2-5-19(18)20/h2-11,14-15,23,27,29H,12-13H2,1H3/b24-22-. The average Bonchev–Trinajstić information content (AvgIpc) is 3.52. The molecular formula is C26H22N2O4. The summed E-state index contributed by atoms with van der Waals surface area (Å²) >= 11 is 0. The van der Waals surface area contributed by atoms with Gasteiger partial charge in [0, 0.05) is 29.2 Å². The van der Waals surface area contributed by atoms with Crippen LogP contribution in [0.4, 0.5) is 0 Å².